The first-order valence-electron chi connectivity index (χ1n) is 7.65. The zero-order valence-electron chi connectivity index (χ0n) is 14.2. The molecule has 0 saturated carbocycles. The Morgan fingerprint density at radius 3 is 2.68 bits per heavy atom. The third-order valence-corrected chi connectivity index (χ3v) is 4.14. The highest BCUT2D eigenvalue weighted by atomic mass is 35.5. The summed E-state index contributed by atoms with van der Waals surface area (Å²) in [6.45, 7) is 2.35. The number of halogens is 1. The Morgan fingerprint density at radius 2 is 1.96 bits per heavy atom. The average Bonchev–Trinajstić information content (AvgIpc) is 3.11. The van der Waals surface area contributed by atoms with E-state index in [1.165, 1.54) is 0 Å². The van der Waals surface area contributed by atoms with Crippen LogP contribution in [0.4, 0.5) is 5.69 Å². The van der Waals surface area contributed by atoms with Gasteiger partial charge in [-0.3, -0.25) is 0 Å². The van der Waals surface area contributed by atoms with E-state index in [1.807, 2.05) is 37.3 Å². The van der Waals surface area contributed by atoms with Crippen LogP contribution < -0.4 is 14.8 Å². The molecule has 2 aromatic carbocycles. The van der Waals surface area contributed by atoms with E-state index in [-0.39, 0.29) is 0 Å². The summed E-state index contributed by atoms with van der Waals surface area (Å²) in [4.78, 5) is 4.41. The standard InChI is InChI=1S/C18H18ClN3O3/c1-11-4-5-12(8-15(11)19)20-10-17-21-18(22-25-17)14-7-6-13(23-2)9-16(14)24-3/h4-9,20H,10H2,1-3H3. The summed E-state index contributed by atoms with van der Waals surface area (Å²) in [5.41, 5.74) is 2.65. The Bertz CT molecular complexity index is 880. The van der Waals surface area contributed by atoms with E-state index in [1.54, 1.807) is 20.3 Å². The first-order valence-corrected chi connectivity index (χ1v) is 8.03. The van der Waals surface area contributed by atoms with Crippen molar-refractivity contribution in [1.29, 1.82) is 0 Å². The smallest absolute Gasteiger partial charge is 0.246 e. The van der Waals surface area contributed by atoms with Crippen molar-refractivity contribution >= 4 is 17.3 Å². The van der Waals surface area contributed by atoms with Crippen molar-refractivity contribution in [1.82, 2.24) is 10.1 Å². The Balaban J connectivity index is 1.75. The predicted octanol–water partition coefficient (Wildman–Crippen LogP) is 4.33. The van der Waals surface area contributed by atoms with Crippen LogP contribution in [0.5, 0.6) is 11.5 Å². The lowest BCUT2D eigenvalue weighted by atomic mass is 10.2. The topological polar surface area (TPSA) is 69.4 Å². The largest absolute Gasteiger partial charge is 0.497 e. The highest BCUT2D eigenvalue weighted by molar-refractivity contribution is 6.31. The molecule has 1 heterocycles. The van der Waals surface area contributed by atoms with Gasteiger partial charge < -0.3 is 19.3 Å². The highest BCUT2D eigenvalue weighted by Gasteiger charge is 2.14. The zero-order chi connectivity index (χ0) is 17.8. The van der Waals surface area contributed by atoms with Gasteiger partial charge in [-0.15, -0.1) is 0 Å². The first-order chi connectivity index (χ1) is 12.1. The van der Waals surface area contributed by atoms with Gasteiger partial charge in [0.15, 0.2) is 0 Å². The summed E-state index contributed by atoms with van der Waals surface area (Å²) in [5.74, 6) is 2.23. The molecule has 0 fully saturated rings. The van der Waals surface area contributed by atoms with Gasteiger partial charge in [0.25, 0.3) is 0 Å². The van der Waals surface area contributed by atoms with Crippen molar-refractivity contribution in [2.24, 2.45) is 0 Å². The molecule has 25 heavy (non-hydrogen) atoms. The molecule has 0 spiro atoms. The van der Waals surface area contributed by atoms with E-state index in [0.29, 0.717) is 34.8 Å². The Hall–Kier alpha value is -2.73. The fourth-order valence-electron chi connectivity index (χ4n) is 2.30. The third kappa shape index (κ3) is 3.85. The molecule has 0 bridgehead atoms. The van der Waals surface area contributed by atoms with Gasteiger partial charge in [-0.25, -0.2) is 0 Å². The van der Waals surface area contributed by atoms with Gasteiger partial charge in [0.2, 0.25) is 11.7 Å². The number of ether oxygens (including phenoxy) is 2. The van der Waals surface area contributed by atoms with Crippen molar-refractivity contribution in [2.75, 3.05) is 19.5 Å². The minimum Gasteiger partial charge on any atom is -0.497 e. The second-order valence-electron chi connectivity index (χ2n) is 5.40. The number of benzene rings is 2. The van der Waals surface area contributed by atoms with E-state index >= 15 is 0 Å². The lowest BCUT2D eigenvalue weighted by Gasteiger charge is -2.07. The minimum atomic E-state index is 0.394. The molecule has 3 aromatic rings. The fraction of sp³-hybridized carbons (Fsp3) is 0.222. The van der Waals surface area contributed by atoms with Gasteiger partial charge >= 0.3 is 0 Å². The molecule has 0 aliphatic carbocycles. The van der Waals surface area contributed by atoms with Gasteiger partial charge in [0.05, 0.1) is 26.3 Å². The van der Waals surface area contributed by atoms with E-state index in [9.17, 15) is 0 Å². The van der Waals surface area contributed by atoms with Crippen molar-refractivity contribution in [2.45, 2.75) is 13.5 Å². The quantitative estimate of drug-likeness (QED) is 0.706. The van der Waals surface area contributed by atoms with Gasteiger partial charge in [-0.05, 0) is 36.8 Å². The number of nitrogens with zero attached hydrogens (tertiary/aromatic N) is 2. The van der Waals surface area contributed by atoms with Crippen LogP contribution in [0.25, 0.3) is 11.4 Å². The molecule has 0 atom stereocenters. The van der Waals surface area contributed by atoms with Gasteiger partial charge in [0.1, 0.15) is 11.5 Å². The van der Waals surface area contributed by atoms with E-state index in [2.05, 4.69) is 15.5 Å². The van der Waals surface area contributed by atoms with Gasteiger partial charge in [0, 0.05) is 16.8 Å². The van der Waals surface area contributed by atoms with Gasteiger partial charge in [-0.1, -0.05) is 22.8 Å². The molecule has 0 aliphatic rings. The molecule has 0 radical (unpaired) electrons. The summed E-state index contributed by atoms with van der Waals surface area (Å²) in [5, 5.41) is 7.94. The second-order valence-corrected chi connectivity index (χ2v) is 5.80. The molecule has 0 aliphatic heterocycles. The van der Waals surface area contributed by atoms with Crippen LogP contribution in [-0.2, 0) is 6.54 Å². The molecular formula is C18H18ClN3O3. The van der Waals surface area contributed by atoms with Crippen LogP contribution in [0.2, 0.25) is 5.02 Å². The lowest BCUT2D eigenvalue weighted by molar-refractivity contribution is 0.382. The normalized spacial score (nSPS) is 10.6. The summed E-state index contributed by atoms with van der Waals surface area (Å²) in [7, 11) is 3.19. The maximum absolute atomic E-state index is 6.12. The Morgan fingerprint density at radius 1 is 1.12 bits per heavy atom. The summed E-state index contributed by atoms with van der Waals surface area (Å²) < 4.78 is 15.9. The molecule has 1 aromatic heterocycles. The lowest BCUT2D eigenvalue weighted by Crippen LogP contribution is -2.00. The van der Waals surface area contributed by atoms with Gasteiger partial charge in [-0.2, -0.15) is 4.98 Å². The molecule has 0 amide bonds. The van der Waals surface area contributed by atoms with Crippen LogP contribution in [-0.4, -0.2) is 24.4 Å². The number of aromatic nitrogens is 2. The van der Waals surface area contributed by atoms with Crippen molar-refractivity contribution in [3.8, 4) is 22.9 Å². The summed E-state index contributed by atoms with van der Waals surface area (Å²) in [6.07, 6.45) is 0. The van der Waals surface area contributed by atoms with Crippen LogP contribution in [0, 0.1) is 6.92 Å². The van der Waals surface area contributed by atoms with E-state index in [4.69, 9.17) is 25.6 Å². The van der Waals surface area contributed by atoms with Crippen LogP contribution in [0.15, 0.2) is 40.9 Å². The SMILES string of the molecule is COc1ccc(-c2noc(CNc3ccc(C)c(Cl)c3)n2)c(OC)c1. The molecule has 6 nitrogen and oxygen atoms in total. The van der Waals surface area contributed by atoms with Crippen LogP contribution in [0.3, 0.4) is 0 Å². The van der Waals surface area contributed by atoms with E-state index in [0.717, 1.165) is 16.8 Å². The average molecular weight is 360 g/mol. The van der Waals surface area contributed by atoms with Crippen molar-refractivity contribution in [3.63, 3.8) is 0 Å². The first kappa shape index (κ1) is 17.1. The highest BCUT2D eigenvalue weighted by Crippen LogP contribution is 2.31. The Labute approximate surface area is 150 Å². The molecule has 0 saturated heterocycles. The zero-order valence-corrected chi connectivity index (χ0v) is 14.9. The number of nitrogens with one attached hydrogen (secondary N) is 1. The van der Waals surface area contributed by atoms with Crippen LogP contribution in [0.1, 0.15) is 11.5 Å². The number of methoxy groups -OCH3 is 2. The molecule has 0 unspecified atom stereocenters. The van der Waals surface area contributed by atoms with Crippen molar-refractivity contribution < 1.29 is 14.0 Å². The number of hydrogen-bond acceptors (Lipinski definition) is 6. The fourth-order valence-corrected chi connectivity index (χ4v) is 2.48. The predicted molar refractivity (Wildman–Crippen MR) is 96.4 cm³/mol. The minimum absolute atomic E-state index is 0.394. The van der Waals surface area contributed by atoms with Crippen molar-refractivity contribution in [3.05, 3.63) is 52.9 Å². The molecule has 130 valence electrons. The molecule has 7 heteroatoms. The number of anilines is 1. The number of rotatable bonds is 6. The molecule has 1 N–H and O–H groups in total. The number of aryl methyl sites for hydroxylation is 1. The van der Waals surface area contributed by atoms with Crippen LogP contribution >= 0.6 is 11.6 Å². The summed E-state index contributed by atoms with van der Waals surface area (Å²) >= 11 is 6.12. The molecular weight excluding hydrogens is 342 g/mol. The van der Waals surface area contributed by atoms with E-state index < -0.39 is 0 Å². The molecule has 3 rings (SSSR count). The monoisotopic (exact) mass is 359 g/mol. The third-order valence-electron chi connectivity index (χ3n) is 3.73. The second kappa shape index (κ2) is 7.44. The maximum Gasteiger partial charge on any atom is 0.246 e. The maximum atomic E-state index is 6.12. The summed E-state index contributed by atoms with van der Waals surface area (Å²) in [6, 6.07) is 11.2. The Kier molecular flexibility index (Phi) is 5.09. The number of hydrogen-bond donors (Lipinski definition) is 1.